The fourth-order valence-electron chi connectivity index (χ4n) is 8.99. The Morgan fingerprint density at radius 1 is 0.893 bits per heavy atom. The molecule has 2 heterocycles. The van der Waals surface area contributed by atoms with E-state index in [0.717, 1.165) is 40.2 Å². The van der Waals surface area contributed by atoms with Crippen molar-refractivity contribution in [2.24, 2.45) is 23.7 Å². The van der Waals surface area contributed by atoms with Crippen LogP contribution in [0.15, 0.2) is 103 Å². The number of hydrogen-bond donors (Lipinski definition) is 3. The Bertz CT molecular complexity index is 2370. The number of hydrazine groups is 1. The van der Waals surface area contributed by atoms with Gasteiger partial charge in [0.25, 0.3) is 11.8 Å². The smallest absolute Gasteiger partial charge is 0.508 e. The van der Waals surface area contributed by atoms with Crippen molar-refractivity contribution in [2.45, 2.75) is 30.5 Å². The SMILES string of the molecule is O=C(O)c1cccc(N2C(=O)C3CC=C4C(CC5C(=O)N(Nc6ccc(F)cc6)C(=O)C5(c5ccc(Cl)cc5)C4c4cc(OC(F)(F)F)ccc4O)C3C2=O)c1. The van der Waals surface area contributed by atoms with Gasteiger partial charge in [-0.1, -0.05) is 41.4 Å². The van der Waals surface area contributed by atoms with Crippen LogP contribution in [-0.4, -0.2) is 51.2 Å². The number of hydrogen-bond acceptors (Lipinski definition) is 8. The first-order chi connectivity index (χ1) is 26.6. The molecule has 11 nitrogen and oxygen atoms in total. The van der Waals surface area contributed by atoms with Crippen molar-refractivity contribution in [2.75, 3.05) is 10.3 Å². The number of alkyl halides is 3. The maximum Gasteiger partial charge on any atom is 0.573 e. The van der Waals surface area contributed by atoms with Crippen LogP contribution in [0.1, 0.15) is 40.2 Å². The molecule has 1 saturated carbocycles. The van der Waals surface area contributed by atoms with Crippen LogP contribution < -0.4 is 15.1 Å². The number of ether oxygens (including phenoxy) is 1. The van der Waals surface area contributed by atoms with E-state index in [4.69, 9.17) is 11.6 Å². The summed E-state index contributed by atoms with van der Waals surface area (Å²) < 4.78 is 58.9. The number of phenolic OH excluding ortho intramolecular Hbond substituents is 1. The number of benzene rings is 4. The Labute approximate surface area is 319 Å². The molecular weight excluding hydrogens is 762 g/mol. The fourth-order valence-corrected chi connectivity index (χ4v) is 9.12. The summed E-state index contributed by atoms with van der Waals surface area (Å²) in [5.74, 6) is -12.1. The normalized spacial score (nSPS) is 25.7. The van der Waals surface area contributed by atoms with Crippen LogP contribution in [0.25, 0.3) is 0 Å². The number of nitrogens with one attached hydrogen (secondary N) is 1. The van der Waals surface area contributed by atoms with Gasteiger partial charge in [0.1, 0.15) is 17.3 Å². The van der Waals surface area contributed by atoms with Crippen LogP contribution in [0.4, 0.5) is 28.9 Å². The van der Waals surface area contributed by atoms with E-state index in [0.29, 0.717) is 5.57 Å². The van der Waals surface area contributed by atoms with Crippen LogP contribution >= 0.6 is 11.6 Å². The van der Waals surface area contributed by atoms with E-state index < -0.39 is 88.3 Å². The second-order valence-electron chi connectivity index (χ2n) is 14.0. The monoisotopic (exact) mass is 789 g/mol. The average Bonchev–Trinajstić information content (AvgIpc) is 3.53. The summed E-state index contributed by atoms with van der Waals surface area (Å²) >= 11 is 6.27. The summed E-state index contributed by atoms with van der Waals surface area (Å²) in [6.45, 7) is 0. The molecule has 3 N–H and O–H groups in total. The van der Waals surface area contributed by atoms with Gasteiger partial charge in [-0.25, -0.2) is 9.18 Å². The van der Waals surface area contributed by atoms with E-state index in [1.54, 1.807) is 6.08 Å². The van der Waals surface area contributed by atoms with Crippen LogP contribution in [0.5, 0.6) is 11.5 Å². The van der Waals surface area contributed by atoms with Gasteiger partial charge in [0.05, 0.1) is 40.1 Å². The highest BCUT2D eigenvalue weighted by atomic mass is 35.5. The van der Waals surface area contributed by atoms with E-state index in [1.807, 2.05) is 0 Å². The van der Waals surface area contributed by atoms with Gasteiger partial charge in [-0.2, -0.15) is 5.01 Å². The molecule has 0 radical (unpaired) electrons. The number of carboxylic acid groups (broad SMARTS) is 1. The van der Waals surface area contributed by atoms with Gasteiger partial charge in [-0.3, -0.25) is 29.5 Å². The quantitative estimate of drug-likeness (QED) is 0.102. The lowest BCUT2D eigenvalue weighted by molar-refractivity contribution is -0.274. The average molecular weight is 790 g/mol. The molecule has 6 unspecified atom stereocenters. The molecule has 6 atom stereocenters. The topological polar surface area (TPSA) is 154 Å². The largest absolute Gasteiger partial charge is 0.573 e. The first kappa shape index (κ1) is 36.7. The predicted molar refractivity (Wildman–Crippen MR) is 190 cm³/mol. The zero-order valence-corrected chi connectivity index (χ0v) is 29.4. The van der Waals surface area contributed by atoms with E-state index in [9.17, 15) is 47.0 Å². The Balaban J connectivity index is 1.34. The number of aromatic hydroxyl groups is 1. The molecular formula is C40H28ClF4N3O8. The third-order valence-corrected chi connectivity index (χ3v) is 11.4. The number of nitrogens with zero attached hydrogens (tertiary/aromatic N) is 2. The van der Waals surface area contributed by atoms with Crippen molar-refractivity contribution in [3.63, 3.8) is 0 Å². The van der Waals surface area contributed by atoms with Crippen LogP contribution in [-0.2, 0) is 24.6 Å². The summed E-state index contributed by atoms with van der Waals surface area (Å²) in [6.07, 6.45) is -3.81. The zero-order chi connectivity index (χ0) is 39.8. The van der Waals surface area contributed by atoms with Gasteiger partial charge in [-0.15, -0.1) is 13.2 Å². The highest BCUT2D eigenvalue weighted by Crippen LogP contribution is 2.65. The summed E-state index contributed by atoms with van der Waals surface area (Å²) in [4.78, 5) is 71.1. The zero-order valence-electron chi connectivity index (χ0n) is 28.7. The standard InChI is InChI=1S/C40H28ClF4N3O8/c41-21-6-4-20(5-7-21)39-30(35(51)48(38(39)55)46-23-10-8-22(42)9-11-23)18-28-26(33(39)29-17-25(12-15-31(29)49)56-40(43,44)45)13-14-27-32(28)36(52)47(34(27)50)24-3-1-2-19(16-24)37(53)54/h1-13,15-17,27-28,30,32-33,46,49H,14,18H2,(H,53,54). The summed E-state index contributed by atoms with van der Waals surface area (Å²) in [5, 5.41) is 22.1. The molecule has 4 aromatic carbocycles. The number of fused-ring (bicyclic) bond motifs is 4. The Hall–Kier alpha value is -6.22. The number of carbonyl (C=O) groups excluding carboxylic acids is 4. The molecule has 286 valence electrons. The van der Waals surface area contributed by atoms with Gasteiger partial charge in [0.15, 0.2) is 0 Å². The highest BCUT2D eigenvalue weighted by Gasteiger charge is 2.70. The van der Waals surface area contributed by atoms with Crippen molar-refractivity contribution in [1.82, 2.24) is 5.01 Å². The number of amides is 4. The van der Waals surface area contributed by atoms with E-state index in [2.05, 4.69) is 10.2 Å². The molecule has 0 aromatic heterocycles. The molecule has 0 bridgehead atoms. The number of carbonyl (C=O) groups is 5. The van der Waals surface area contributed by atoms with Gasteiger partial charge in [-0.05, 0) is 97.1 Å². The lowest BCUT2D eigenvalue weighted by atomic mass is 9.49. The molecule has 2 saturated heterocycles. The van der Waals surface area contributed by atoms with Gasteiger partial charge in [0, 0.05) is 16.5 Å². The van der Waals surface area contributed by atoms with Crippen molar-refractivity contribution in [3.8, 4) is 11.5 Å². The van der Waals surface area contributed by atoms with Gasteiger partial charge in [0.2, 0.25) is 11.8 Å². The van der Waals surface area contributed by atoms with Crippen LogP contribution in [0.3, 0.4) is 0 Å². The third kappa shape index (κ3) is 5.76. The molecule has 2 aliphatic carbocycles. The molecule has 4 aromatic rings. The Morgan fingerprint density at radius 2 is 1.61 bits per heavy atom. The number of allylic oxidation sites excluding steroid dienone is 2. The minimum atomic E-state index is -5.15. The molecule has 0 spiro atoms. The molecule has 2 aliphatic heterocycles. The van der Waals surface area contributed by atoms with Crippen molar-refractivity contribution >= 4 is 52.6 Å². The van der Waals surface area contributed by atoms with Crippen molar-refractivity contribution < 1.29 is 56.5 Å². The third-order valence-electron chi connectivity index (χ3n) is 11.2. The lowest BCUT2D eigenvalue weighted by Crippen LogP contribution is -2.53. The fraction of sp³-hybridized carbons (Fsp3) is 0.225. The molecule has 4 amide bonds. The van der Waals surface area contributed by atoms with E-state index in [-0.39, 0.29) is 45.9 Å². The summed E-state index contributed by atoms with van der Waals surface area (Å²) in [5.41, 5.74) is 1.02. The van der Waals surface area contributed by atoms with Gasteiger partial charge >= 0.3 is 12.3 Å². The molecule has 8 rings (SSSR count). The number of imide groups is 2. The van der Waals surface area contributed by atoms with Crippen LogP contribution in [0.2, 0.25) is 5.02 Å². The lowest BCUT2D eigenvalue weighted by Gasteiger charge is -2.50. The van der Waals surface area contributed by atoms with E-state index >= 15 is 4.79 Å². The highest BCUT2D eigenvalue weighted by molar-refractivity contribution is 6.30. The number of phenols is 1. The molecule has 4 aliphatic rings. The minimum absolute atomic E-state index is 0.00941. The maximum absolute atomic E-state index is 15.2. The Kier molecular flexibility index (Phi) is 8.67. The van der Waals surface area contributed by atoms with Crippen molar-refractivity contribution in [3.05, 3.63) is 130 Å². The summed E-state index contributed by atoms with van der Waals surface area (Å²) in [7, 11) is 0. The van der Waals surface area contributed by atoms with Crippen molar-refractivity contribution in [1.29, 1.82) is 0 Å². The maximum atomic E-state index is 15.2. The molecule has 3 fully saturated rings. The second kappa shape index (κ2) is 13.2. The minimum Gasteiger partial charge on any atom is -0.508 e. The number of carboxylic acids is 1. The number of aromatic carboxylic acids is 1. The second-order valence-corrected chi connectivity index (χ2v) is 14.4. The predicted octanol–water partition coefficient (Wildman–Crippen LogP) is 6.97. The summed E-state index contributed by atoms with van der Waals surface area (Å²) in [6, 6.07) is 18.8. The van der Waals surface area contributed by atoms with Crippen LogP contribution in [0, 0.1) is 29.5 Å². The van der Waals surface area contributed by atoms with Gasteiger partial charge < -0.3 is 14.9 Å². The first-order valence-corrected chi connectivity index (χ1v) is 17.6. The number of rotatable bonds is 7. The van der Waals surface area contributed by atoms with E-state index in [1.165, 1.54) is 60.7 Å². The number of halogens is 5. The first-order valence-electron chi connectivity index (χ1n) is 17.3. The number of anilines is 2. The molecule has 16 heteroatoms. The Morgan fingerprint density at radius 3 is 2.29 bits per heavy atom. The molecule has 56 heavy (non-hydrogen) atoms.